The Labute approximate surface area is 88.1 Å². The average Bonchev–Trinajstić information content (AvgIpc) is 2.71. The molecular weight excluding hydrogens is 228 g/mol. The van der Waals surface area contributed by atoms with Gasteiger partial charge in [-0.2, -0.15) is 4.37 Å². The highest BCUT2D eigenvalue weighted by Crippen LogP contribution is 2.31. The number of ether oxygens (including phenoxy) is 1. The Morgan fingerprint density at radius 3 is 2.92 bits per heavy atom. The van der Waals surface area contributed by atoms with Gasteiger partial charge in [0.25, 0.3) is 0 Å². The molecule has 6 heteroatoms. The first kappa shape index (κ1) is 8.93. The molecule has 2 rings (SSSR count). The average molecular weight is 233 g/mol. The van der Waals surface area contributed by atoms with Crippen molar-refractivity contribution in [3.63, 3.8) is 0 Å². The van der Waals surface area contributed by atoms with Gasteiger partial charge in [0.15, 0.2) is 0 Å². The lowest BCUT2D eigenvalue weighted by Gasteiger charge is -1.86. The highest BCUT2D eigenvalue weighted by Gasteiger charge is 2.07. The van der Waals surface area contributed by atoms with Crippen LogP contribution in [0.3, 0.4) is 0 Å². The number of nitrogens with zero attached hydrogens (tertiary/aromatic N) is 2. The molecule has 0 N–H and O–H groups in total. The second kappa shape index (κ2) is 3.61. The van der Waals surface area contributed by atoms with E-state index in [-0.39, 0.29) is 0 Å². The lowest BCUT2D eigenvalue weighted by atomic mass is 10.5. The molecule has 0 saturated heterocycles. The van der Waals surface area contributed by atoms with E-state index in [1.807, 2.05) is 6.07 Å². The van der Waals surface area contributed by atoms with Crippen molar-refractivity contribution in [3.8, 4) is 15.8 Å². The third-order valence-corrected chi connectivity index (χ3v) is 3.49. The molecule has 2 aromatic rings. The lowest BCUT2D eigenvalue weighted by Crippen LogP contribution is -1.78. The summed E-state index contributed by atoms with van der Waals surface area (Å²) in [5.41, 5.74) is 0. The van der Waals surface area contributed by atoms with Gasteiger partial charge < -0.3 is 4.74 Å². The summed E-state index contributed by atoms with van der Waals surface area (Å²) in [6.07, 6.45) is 0. The van der Waals surface area contributed by atoms with Gasteiger partial charge in [0.05, 0.1) is 12.0 Å². The first-order chi connectivity index (χ1) is 6.29. The zero-order valence-corrected chi connectivity index (χ0v) is 9.04. The van der Waals surface area contributed by atoms with Crippen molar-refractivity contribution in [2.45, 2.75) is 0 Å². The summed E-state index contributed by atoms with van der Waals surface area (Å²) in [6, 6.07) is 1.85. The summed E-state index contributed by atoms with van der Waals surface area (Å²) in [7, 11) is 1.59. The minimum Gasteiger partial charge on any atom is -0.480 e. The quantitative estimate of drug-likeness (QED) is 0.799. The fraction of sp³-hybridized carbons (Fsp3) is 0.143. The van der Waals surface area contributed by atoms with Gasteiger partial charge in [-0.05, 0) is 11.5 Å². The molecule has 0 aliphatic rings. The van der Waals surface area contributed by atoms with Crippen LogP contribution in [0.15, 0.2) is 11.4 Å². The van der Waals surface area contributed by atoms with E-state index in [0.29, 0.717) is 11.0 Å². The van der Waals surface area contributed by atoms with Crippen LogP contribution >= 0.6 is 34.5 Å². The molecule has 0 saturated carbocycles. The van der Waals surface area contributed by atoms with Gasteiger partial charge >= 0.3 is 0 Å². The topological polar surface area (TPSA) is 35.0 Å². The lowest BCUT2D eigenvalue weighted by molar-refractivity contribution is 0.403. The molecule has 2 heterocycles. The minimum atomic E-state index is 0.521. The van der Waals surface area contributed by atoms with E-state index in [2.05, 4.69) is 9.36 Å². The molecule has 13 heavy (non-hydrogen) atoms. The molecule has 0 amide bonds. The Balaban J connectivity index is 2.35. The Morgan fingerprint density at radius 1 is 1.54 bits per heavy atom. The molecule has 0 aliphatic heterocycles. The fourth-order valence-corrected chi connectivity index (χ4v) is 2.53. The molecule has 0 bridgehead atoms. The third kappa shape index (κ3) is 1.82. The van der Waals surface area contributed by atoms with Crippen molar-refractivity contribution >= 4 is 34.5 Å². The van der Waals surface area contributed by atoms with Crippen LogP contribution in [0.2, 0.25) is 5.15 Å². The van der Waals surface area contributed by atoms with E-state index < -0.39 is 0 Å². The standard InChI is InChI=1S/C7H5ClN2OS2/c1-11-6-2-4(13-10-6)7-9-5(8)3-12-7/h2-3H,1H3. The van der Waals surface area contributed by atoms with Crippen LogP contribution < -0.4 is 4.74 Å². The summed E-state index contributed by atoms with van der Waals surface area (Å²) in [5, 5.41) is 3.20. The van der Waals surface area contributed by atoms with Gasteiger partial charge in [0.1, 0.15) is 10.2 Å². The van der Waals surface area contributed by atoms with Crippen molar-refractivity contribution in [1.29, 1.82) is 0 Å². The van der Waals surface area contributed by atoms with E-state index >= 15 is 0 Å². The number of methoxy groups -OCH3 is 1. The van der Waals surface area contributed by atoms with Crippen molar-refractivity contribution in [1.82, 2.24) is 9.36 Å². The van der Waals surface area contributed by atoms with Crippen LogP contribution in [0.5, 0.6) is 5.88 Å². The smallest absolute Gasteiger partial charge is 0.225 e. The number of hydrogen-bond donors (Lipinski definition) is 0. The molecule has 0 atom stereocenters. The Kier molecular flexibility index (Phi) is 2.48. The van der Waals surface area contributed by atoms with Gasteiger partial charge in [0.2, 0.25) is 5.88 Å². The van der Waals surface area contributed by atoms with Gasteiger partial charge in [-0.1, -0.05) is 11.6 Å². The van der Waals surface area contributed by atoms with E-state index in [4.69, 9.17) is 16.3 Å². The zero-order chi connectivity index (χ0) is 9.26. The SMILES string of the molecule is COc1cc(-c2nc(Cl)cs2)sn1. The van der Waals surface area contributed by atoms with Gasteiger partial charge in [0, 0.05) is 11.4 Å². The number of aromatic nitrogens is 2. The second-order valence-electron chi connectivity index (χ2n) is 2.21. The summed E-state index contributed by atoms with van der Waals surface area (Å²) < 4.78 is 9.03. The van der Waals surface area contributed by atoms with E-state index in [1.165, 1.54) is 22.9 Å². The maximum Gasteiger partial charge on any atom is 0.225 e. The normalized spacial score (nSPS) is 10.3. The summed E-state index contributed by atoms with van der Waals surface area (Å²) in [5.74, 6) is 0.617. The van der Waals surface area contributed by atoms with Gasteiger partial charge in [-0.15, -0.1) is 11.3 Å². The molecule has 0 unspecified atom stereocenters. The van der Waals surface area contributed by atoms with E-state index in [1.54, 1.807) is 12.5 Å². The Bertz CT molecular complexity index is 412. The molecular formula is C7H5ClN2OS2. The van der Waals surface area contributed by atoms with Crippen LogP contribution in [0.1, 0.15) is 0 Å². The molecule has 0 aromatic carbocycles. The summed E-state index contributed by atoms with van der Waals surface area (Å²) in [6.45, 7) is 0. The molecule has 0 radical (unpaired) electrons. The number of halogens is 1. The van der Waals surface area contributed by atoms with Crippen molar-refractivity contribution in [3.05, 3.63) is 16.6 Å². The summed E-state index contributed by atoms with van der Waals surface area (Å²) >= 11 is 8.56. The first-order valence-electron chi connectivity index (χ1n) is 3.41. The molecule has 2 aromatic heterocycles. The maximum atomic E-state index is 5.70. The number of thiazole rings is 1. The minimum absolute atomic E-state index is 0.521. The molecule has 68 valence electrons. The van der Waals surface area contributed by atoms with Crippen LogP contribution in [-0.2, 0) is 0 Å². The van der Waals surface area contributed by atoms with Crippen LogP contribution in [-0.4, -0.2) is 16.5 Å². The van der Waals surface area contributed by atoms with Crippen LogP contribution in [0, 0.1) is 0 Å². The fourth-order valence-electron chi connectivity index (χ4n) is 0.823. The molecule has 0 spiro atoms. The van der Waals surface area contributed by atoms with Crippen LogP contribution in [0.4, 0.5) is 0 Å². The zero-order valence-electron chi connectivity index (χ0n) is 6.65. The highest BCUT2D eigenvalue weighted by molar-refractivity contribution is 7.18. The predicted molar refractivity (Wildman–Crippen MR) is 54.8 cm³/mol. The van der Waals surface area contributed by atoms with E-state index in [9.17, 15) is 0 Å². The predicted octanol–water partition coefficient (Wildman–Crippen LogP) is 2.93. The largest absolute Gasteiger partial charge is 0.480 e. The van der Waals surface area contributed by atoms with Crippen LogP contribution in [0.25, 0.3) is 9.88 Å². The highest BCUT2D eigenvalue weighted by atomic mass is 35.5. The van der Waals surface area contributed by atoms with Gasteiger partial charge in [-0.25, -0.2) is 4.98 Å². The van der Waals surface area contributed by atoms with Crippen molar-refractivity contribution in [2.75, 3.05) is 7.11 Å². The van der Waals surface area contributed by atoms with E-state index in [0.717, 1.165) is 9.88 Å². The monoisotopic (exact) mass is 232 g/mol. The van der Waals surface area contributed by atoms with Crippen molar-refractivity contribution in [2.24, 2.45) is 0 Å². The number of rotatable bonds is 2. The van der Waals surface area contributed by atoms with Crippen molar-refractivity contribution < 1.29 is 4.74 Å². The number of hydrogen-bond acceptors (Lipinski definition) is 5. The van der Waals surface area contributed by atoms with Gasteiger partial charge in [-0.3, -0.25) is 0 Å². The maximum absolute atomic E-state index is 5.70. The Morgan fingerprint density at radius 2 is 2.38 bits per heavy atom. The third-order valence-electron chi connectivity index (χ3n) is 1.38. The summed E-state index contributed by atoms with van der Waals surface area (Å²) in [4.78, 5) is 5.11. The second-order valence-corrected chi connectivity index (χ2v) is 4.26. The molecule has 0 fully saturated rings. The Hall–Kier alpha value is -0.650. The molecule has 3 nitrogen and oxygen atoms in total. The first-order valence-corrected chi connectivity index (χ1v) is 5.45. The molecule has 0 aliphatic carbocycles.